The fourth-order valence-corrected chi connectivity index (χ4v) is 5.07. The van der Waals surface area contributed by atoms with Gasteiger partial charge in [0, 0.05) is 16.1 Å². The maximum absolute atomic E-state index is 13.0. The van der Waals surface area contributed by atoms with Crippen LogP contribution >= 0.6 is 15.9 Å². The molecule has 13 heteroatoms. The Morgan fingerprint density at radius 2 is 1.81 bits per heavy atom. The highest BCUT2D eigenvalue weighted by atomic mass is 79.9. The number of anilines is 2. The average molecular weight is 570 g/mol. The number of sulfonamides is 1. The third-order valence-electron chi connectivity index (χ3n) is 5.09. The highest BCUT2D eigenvalue weighted by Crippen LogP contribution is 2.30. The highest BCUT2D eigenvalue weighted by Gasteiger charge is 2.20. The molecule has 5 aromatic rings. The van der Waals surface area contributed by atoms with Crippen LogP contribution in [0.15, 0.2) is 85.0 Å². The van der Waals surface area contributed by atoms with Gasteiger partial charge in [-0.05, 0) is 35.9 Å². The third-order valence-corrected chi connectivity index (χ3v) is 6.84. The van der Waals surface area contributed by atoms with Crippen molar-refractivity contribution in [1.82, 2.24) is 15.3 Å². The van der Waals surface area contributed by atoms with Gasteiger partial charge in [-0.2, -0.15) is 0 Å². The molecule has 1 amide bonds. The zero-order valence-corrected chi connectivity index (χ0v) is 20.6. The fraction of sp³-hybridized carbons (Fsp3) is 0.0435. The lowest BCUT2D eigenvalue weighted by Gasteiger charge is -2.09. The van der Waals surface area contributed by atoms with Crippen LogP contribution in [0.3, 0.4) is 0 Å². The Morgan fingerprint density at radius 1 is 1.00 bits per heavy atom. The number of carbonyl (C=O) groups excluding carboxylic acids is 1. The molecule has 0 aliphatic carbocycles. The number of aromatic amines is 1. The van der Waals surface area contributed by atoms with Crippen LogP contribution in [-0.4, -0.2) is 29.6 Å². The van der Waals surface area contributed by atoms with Crippen LogP contribution in [0.4, 0.5) is 11.4 Å². The molecule has 3 N–H and O–H groups in total. The van der Waals surface area contributed by atoms with Gasteiger partial charge in [0.1, 0.15) is 0 Å². The molecule has 0 bridgehead atoms. The first-order valence-electron chi connectivity index (χ1n) is 10.4. The molecular weight excluding hydrogens is 554 g/mol. The predicted octanol–water partition coefficient (Wildman–Crippen LogP) is 4.13. The minimum Gasteiger partial charge on any atom is -0.355 e. The van der Waals surface area contributed by atoms with Crippen LogP contribution in [-0.2, 0) is 15.8 Å². The molecule has 0 aliphatic heterocycles. The lowest BCUT2D eigenvalue weighted by molar-refractivity contribution is 0.102. The van der Waals surface area contributed by atoms with Gasteiger partial charge in [0.05, 0.1) is 22.5 Å². The highest BCUT2D eigenvalue weighted by molar-refractivity contribution is 9.10. The Hall–Kier alpha value is -4.23. The number of amides is 1. The molecule has 0 unspecified atom stereocenters. The van der Waals surface area contributed by atoms with E-state index in [1.807, 2.05) is 6.07 Å². The summed E-state index contributed by atoms with van der Waals surface area (Å²) >= 11 is 3.34. The largest absolute Gasteiger partial charge is 0.439 e. The summed E-state index contributed by atoms with van der Waals surface area (Å²) in [4.78, 5) is 26.8. The molecule has 0 aliphatic rings. The number of nitrogens with zero attached hydrogens (tertiary/aromatic N) is 2. The summed E-state index contributed by atoms with van der Waals surface area (Å²) in [6, 6.07) is 18.3. The number of H-pyrrole nitrogens is 1. The monoisotopic (exact) mass is 569 g/mol. The van der Waals surface area contributed by atoms with Gasteiger partial charge >= 0.3 is 5.76 Å². The SMILES string of the molecule is O=C(Nc1ccc(Br)cc1-c1noc(=O)[nH]1)c1noc2cc(NS(=O)(=O)Cc3ccccc3)ccc12. The Labute approximate surface area is 211 Å². The molecule has 182 valence electrons. The van der Waals surface area contributed by atoms with Crippen LogP contribution in [0, 0.1) is 0 Å². The van der Waals surface area contributed by atoms with Crippen LogP contribution in [0.5, 0.6) is 0 Å². The molecule has 5 rings (SSSR count). The van der Waals surface area contributed by atoms with E-state index in [0.29, 0.717) is 26.7 Å². The predicted molar refractivity (Wildman–Crippen MR) is 135 cm³/mol. The first-order chi connectivity index (χ1) is 17.3. The van der Waals surface area contributed by atoms with Gasteiger partial charge < -0.3 is 9.84 Å². The van der Waals surface area contributed by atoms with Crippen molar-refractivity contribution in [1.29, 1.82) is 0 Å². The molecule has 0 spiro atoms. The molecule has 0 atom stereocenters. The number of rotatable bonds is 7. The summed E-state index contributed by atoms with van der Waals surface area (Å²) in [5.41, 5.74) is 1.88. The van der Waals surface area contributed by atoms with Gasteiger partial charge in [0.2, 0.25) is 10.0 Å². The number of fused-ring (bicyclic) bond motifs is 1. The number of hydrogen-bond acceptors (Lipinski definition) is 8. The summed E-state index contributed by atoms with van der Waals surface area (Å²) in [5.74, 6) is -1.38. The van der Waals surface area contributed by atoms with Crippen molar-refractivity contribution in [2.75, 3.05) is 10.0 Å². The van der Waals surface area contributed by atoms with Gasteiger partial charge in [-0.15, -0.1) is 0 Å². The van der Waals surface area contributed by atoms with E-state index in [2.05, 4.69) is 45.8 Å². The number of halogens is 1. The van der Waals surface area contributed by atoms with E-state index in [4.69, 9.17) is 4.52 Å². The Balaban J connectivity index is 1.38. The topological polar surface area (TPSA) is 160 Å². The molecular formula is C23H16BrN5O6S. The zero-order valence-electron chi connectivity index (χ0n) is 18.2. The van der Waals surface area contributed by atoms with Crippen molar-refractivity contribution in [2.24, 2.45) is 0 Å². The van der Waals surface area contributed by atoms with Crippen molar-refractivity contribution in [3.63, 3.8) is 0 Å². The lowest BCUT2D eigenvalue weighted by Crippen LogP contribution is -2.15. The Bertz CT molecular complexity index is 1740. The summed E-state index contributed by atoms with van der Waals surface area (Å²) in [5, 5.41) is 10.6. The first-order valence-corrected chi connectivity index (χ1v) is 12.8. The molecule has 2 aromatic heterocycles. The standard InChI is InChI=1S/C23H16BrN5O6S/c24-14-6-9-18(17(10-14)21-26-23(31)35-28-21)25-22(30)20-16-8-7-15(11-19(16)34-27-20)29-36(32,33)12-13-4-2-1-3-5-13/h1-11,29H,12H2,(H,25,30)(H,26,28,31). The molecule has 11 nitrogen and oxygen atoms in total. The van der Waals surface area contributed by atoms with Gasteiger partial charge in [0.25, 0.3) is 5.91 Å². The third kappa shape index (κ3) is 5.06. The van der Waals surface area contributed by atoms with E-state index >= 15 is 0 Å². The van der Waals surface area contributed by atoms with Crippen LogP contribution in [0.1, 0.15) is 16.1 Å². The second-order valence-electron chi connectivity index (χ2n) is 7.68. The molecule has 0 saturated heterocycles. The number of carbonyl (C=O) groups is 1. The van der Waals surface area contributed by atoms with Crippen molar-refractivity contribution in [3.05, 3.63) is 93.0 Å². The molecule has 2 heterocycles. The molecule has 0 fully saturated rings. The van der Waals surface area contributed by atoms with Crippen LogP contribution in [0.25, 0.3) is 22.4 Å². The quantitative estimate of drug-likeness (QED) is 0.263. The van der Waals surface area contributed by atoms with Crippen molar-refractivity contribution < 1.29 is 22.3 Å². The van der Waals surface area contributed by atoms with E-state index in [1.165, 1.54) is 12.1 Å². The molecule has 3 aromatic carbocycles. The number of aromatic nitrogens is 3. The van der Waals surface area contributed by atoms with Gasteiger partial charge in [-0.1, -0.05) is 56.6 Å². The van der Waals surface area contributed by atoms with Crippen molar-refractivity contribution >= 4 is 54.2 Å². The smallest absolute Gasteiger partial charge is 0.355 e. The second-order valence-corrected chi connectivity index (χ2v) is 10.3. The van der Waals surface area contributed by atoms with E-state index < -0.39 is 21.7 Å². The maximum atomic E-state index is 13.0. The summed E-state index contributed by atoms with van der Waals surface area (Å²) < 4.78 is 38.1. The van der Waals surface area contributed by atoms with Crippen molar-refractivity contribution in [2.45, 2.75) is 5.75 Å². The molecule has 0 saturated carbocycles. The molecule has 0 radical (unpaired) electrons. The summed E-state index contributed by atoms with van der Waals surface area (Å²) in [6.45, 7) is 0. The normalized spacial score (nSPS) is 11.5. The van der Waals surface area contributed by atoms with Gasteiger partial charge in [0.15, 0.2) is 17.1 Å². The minimum absolute atomic E-state index is 0.00814. The Morgan fingerprint density at radius 3 is 2.56 bits per heavy atom. The minimum atomic E-state index is -3.67. The Kier molecular flexibility index (Phi) is 6.16. The van der Waals surface area contributed by atoms with Gasteiger partial charge in [-0.25, -0.2) is 13.2 Å². The van der Waals surface area contributed by atoms with Gasteiger partial charge in [-0.3, -0.25) is 19.0 Å². The van der Waals surface area contributed by atoms with E-state index in [9.17, 15) is 18.0 Å². The van der Waals surface area contributed by atoms with Crippen LogP contribution in [0.2, 0.25) is 0 Å². The van der Waals surface area contributed by atoms with Crippen molar-refractivity contribution in [3.8, 4) is 11.4 Å². The average Bonchev–Trinajstić information content (AvgIpc) is 3.46. The number of hydrogen-bond donors (Lipinski definition) is 3. The van der Waals surface area contributed by atoms with E-state index in [0.717, 1.165) is 0 Å². The van der Waals surface area contributed by atoms with Crippen LogP contribution < -0.4 is 15.8 Å². The summed E-state index contributed by atoms with van der Waals surface area (Å²) in [7, 11) is -3.67. The second kappa shape index (κ2) is 9.43. The summed E-state index contributed by atoms with van der Waals surface area (Å²) in [6.07, 6.45) is 0. The number of nitrogens with one attached hydrogen (secondary N) is 3. The fourth-order valence-electron chi connectivity index (χ4n) is 3.52. The van der Waals surface area contributed by atoms with E-state index in [1.54, 1.807) is 48.5 Å². The number of benzene rings is 3. The maximum Gasteiger partial charge on any atom is 0.439 e. The zero-order chi connectivity index (χ0) is 25.3. The molecule has 36 heavy (non-hydrogen) atoms. The lowest BCUT2D eigenvalue weighted by atomic mass is 10.1. The first kappa shape index (κ1) is 23.5. The van der Waals surface area contributed by atoms with E-state index in [-0.39, 0.29) is 28.5 Å².